The molecule has 0 aliphatic rings. The Bertz CT molecular complexity index is 543. The standard InChI is InChI=1S/C12H8O3S/c13-7-8-2-1-3-9(6-8)11-10(12(14)15)4-5-16-11/h1-7H,(H,14,15). The van der Waals surface area contributed by atoms with Gasteiger partial charge in [0.2, 0.25) is 0 Å². The fourth-order valence-electron chi connectivity index (χ4n) is 1.45. The van der Waals surface area contributed by atoms with Gasteiger partial charge in [0.25, 0.3) is 0 Å². The maximum atomic E-state index is 10.9. The van der Waals surface area contributed by atoms with Crippen molar-refractivity contribution < 1.29 is 14.7 Å². The van der Waals surface area contributed by atoms with E-state index in [0.29, 0.717) is 10.4 Å². The number of aromatic carboxylic acids is 1. The van der Waals surface area contributed by atoms with Crippen molar-refractivity contribution in [1.82, 2.24) is 0 Å². The van der Waals surface area contributed by atoms with E-state index in [1.54, 1.807) is 35.7 Å². The number of carbonyl (C=O) groups is 2. The van der Waals surface area contributed by atoms with Crippen LogP contribution in [0.5, 0.6) is 0 Å². The summed E-state index contributed by atoms with van der Waals surface area (Å²) in [4.78, 5) is 22.3. The van der Waals surface area contributed by atoms with E-state index in [9.17, 15) is 9.59 Å². The maximum absolute atomic E-state index is 10.9. The van der Waals surface area contributed by atoms with Crippen molar-refractivity contribution in [3.05, 3.63) is 46.8 Å². The van der Waals surface area contributed by atoms with Crippen molar-refractivity contribution in [3.8, 4) is 10.4 Å². The number of thiophene rings is 1. The summed E-state index contributed by atoms with van der Waals surface area (Å²) in [6.07, 6.45) is 0.748. The molecular weight excluding hydrogens is 224 g/mol. The van der Waals surface area contributed by atoms with Crippen LogP contribution in [0.4, 0.5) is 0 Å². The molecule has 3 nitrogen and oxygen atoms in total. The lowest BCUT2D eigenvalue weighted by Gasteiger charge is -2.00. The number of hydrogen-bond donors (Lipinski definition) is 1. The average Bonchev–Trinajstić information content (AvgIpc) is 2.78. The second-order valence-corrected chi connectivity index (χ2v) is 4.13. The van der Waals surface area contributed by atoms with Gasteiger partial charge in [-0.3, -0.25) is 4.79 Å². The van der Waals surface area contributed by atoms with Crippen molar-refractivity contribution in [2.24, 2.45) is 0 Å². The number of carboxylic acids is 1. The molecule has 0 bridgehead atoms. The van der Waals surface area contributed by atoms with Gasteiger partial charge in [-0.1, -0.05) is 18.2 Å². The minimum atomic E-state index is -0.951. The van der Waals surface area contributed by atoms with E-state index in [1.165, 1.54) is 11.3 Å². The number of benzene rings is 1. The van der Waals surface area contributed by atoms with Crippen LogP contribution in [0.1, 0.15) is 20.7 Å². The Morgan fingerprint density at radius 3 is 2.81 bits per heavy atom. The first-order chi connectivity index (χ1) is 7.72. The lowest BCUT2D eigenvalue weighted by Crippen LogP contribution is -1.95. The minimum absolute atomic E-state index is 0.271. The van der Waals surface area contributed by atoms with Gasteiger partial charge in [0, 0.05) is 10.4 Å². The van der Waals surface area contributed by atoms with E-state index in [1.807, 2.05) is 0 Å². The van der Waals surface area contributed by atoms with Crippen LogP contribution in [0.25, 0.3) is 10.4 Å². The number of hydrogen-bond acceptors (Lipinski definition) is 3. The first-order valence-electron chi connectivity index (χ1n) is 4.59. The van der Waals surface area contributed by atoms with Crippen LogP contribution in [0.15, 0.2) is 35.7 Å². The summed E-state index contributed by atoms with van der Waals surface area (Å²) in [7, 11) is 0. The number of carbonyl (C=O) groups excluding carboxylic acids is 1. The third-order valence-corrected chi connectivity index (χ3v) is 3.14. The second-order valence-electron chi connectivity index (χ2n) is 3.21. The molecule has 0 saturated carbocycles. The zero-order chi connectivity index (χ0) is 11.5. The van der Waals surface area contributed by atoms with Crippen LogP contribution in [0.2, 0.25) is 0 Å². The van der Waals surface area contributed by atoms with Crippen LogP contribution in [-0.4, -0.2) is 17.4 Å². The molecule has 1 aromatic heterocycles. The molecule has 0 unspecified atom stereocenters. The molecule has 2 aromatic rings. The molecule has 0 atom stereocenters. The van der Waals surface area contributed by atoms with Crippen molar-refractivity contribution in [2.45, 2.75) is 0 Å². The molecular formula is C12H8O3S. The van der Waals surface area contributed by atoms with Gasteiger partial charge < -0.3 is 5.11 Å². The summed E-state index contributed by atoms with van der Waals surface area (Å²) < 4.78 is 0. The van der Waals surface area contributed by atoms with Gasteiger partial charge in [-0.05, 0) is 23.1 Å². The molecule has 16 heavy (non-hydrogen) atoms. The highest BCUT2D eigenvalue weighted by Gasteiger charge is 2.12. The predicted octanol–water partition coefficient (Wildman–Crippen LogP) is 2.93. The smallest absolute Gasteiger partial charge is 0.337 e. The van der Waals surface area contributed by atoms with E-state index < -0.39 is 5.97 Å². The van der Waals surface area contributed by atoms with Gasteiger partial charge in [-0.15, -0.1) is 11.3 Å². The third-order valence-electron chi connectivity index (χ3n) is 2.18. The van der Waals surface area contributed by atoms with Crippen LogP contribution in [0, 0.1) is 0 Å². The quantitative estimate of drug-likeness (QED) is 0.828. The second kappa shape index (κ2) is 4.28. The van der Waals surface area contributed by atoms with E-state index in [-0.39, 0.29) is 5.56 Å². The fraction of sp³-hybridized carbons (Fsp3) is 0. The molecule has 0 amide bonds. The molecule has 80 valence electrons. The fourth-order valence-corrected chi connectivity index (χ4v) is 2.34. The summed E-state index contributed by atoms with van der Waals surface area (Å²) in [5.41, 5.74) is 1.58. The third kappa shape index (κ3) is 1.87. The molecule has 1 heterocycles. The van der Waals surface area contributed by atoms with Crippen molar-refractivity contribution >= 4 is 23.6 Å². The van der Waals surface area contributed by atoms with Gasteiger partial charge >= 0.3 is 5.97 Å². The van der Waals surface area contributed by atoms with E-state index in [0.717, 1.165) is 11.8 Å². The Balaban J connectivity index is 2.54. The lowest BCUT2D eigenvalue weighted by atomic mass is 10.1. The zero-order valence-electron chi connectivity index (χ0n) is 8.21. The molecule has 0 aliphatic carbocycles. The SMILES string of the molecule is O=Cc1cccc(-c2sccc2C(=O)O)c1. The molecule has 1 N–H and O–H groups in total. The topological polar surface area (TPSA) is 54.4 Å². The van der Waals surface area contributed by atoms with E-state index in [2.05, 4.69) is 0 Å². The summed E-state index contributed by atoms with van der Waals surface area (Å²) in [5, 5.41) is 10.7. The predicted molar refractivity (Wildman–Crippen MR) is 62.1 cm³/mol. The monoisotopic (exact) mass is 232 g/mol. The van der Waals surface area contributed by atoms with E-state index >= 15 is 0 Å². The van der Waals surface area contributed by atoms with Gasteiger partial charge in [-0.25, -0.2) is 4.79 Å². The number of aldehydes is 1. The van der Waals surface area contributed by atoms with Crippen LogP contribution >= 0.6 is 11.3 Å². The molecule has 2 rings (SSSR count). The summed E-state index contributed by atoms with van der Waals surface area (Å²) in [6, 6.07) is 8.47. The summed E-state index contributed by atoms with van der Waals surface area (Å²) >= 11 is 1.35. The molecule has 0 aliphatic heterocycles. The minimum Gasteiger partial charge on any atom is -0.478 e. The van der Waals surface area contributed by atoms with Crippen molar-refractivity contribution in [3.63, 3.8) is 0 Å². The first kappa shape index (κ1) is 10.6. The largest absolute Gasteiger partial charge is 0.478 e. The molecule has 4 heteroatoms. The molecule has 0 saturated heterocycles. The van der Waals surface area contributed by atoms with Crippen molar-refractivity contribution in [1.29, 1.82) is 0 Å². The molecule has 1 aromatic carbocycles. The Kier molecular flexibility index (Phi) is 2.83. The zero-order valence-corrected chi connectivity index (χ0v) is 9.03. The highest BCUT2D eigenvalue weighted by Crippen LogP contribution is 2.29. The summed E-state index contributed by atoms with van der Waals surface area (Å²) in [5.74, 6) is -0.951. The number of rotatable bonds is 3. The Morgan fingerprint density at radius 2 is 2.12 bits per heavy atom. The van der Waals surface area contributed by atoms with Crippen LogP contribution < -0.4 is 0 Å². The van der Waals surface area contributed by atoms with Gasteiger partial charge in [0.05, 0.1) is 5.56 Å². The van der Waals surface area contributed by atoms with Gasteiger partial charge in [-0.2, -0.15) is 0 Å². The Morgan fingerprint density at radius 1 is 1.31 bits per heavy atom. The normalized spacial score (nSPS) is 10.0. The van der Waals surface area contributed by atoms with Crippen LogP contribution in [0.3, 0.4) is 0 Å². The van der Waals surface area contributed by atoms with E-state index in [4.69, 9.17) is 5.11 Å². The van der Waals surface area contributed by atoms with Gasteiger partial charge in [0.1, 0.15) is 6.29 Å². The van der Waals surface area contributed by atoms with Crippen molar-refractivity contribution in [2.75, 3.05) is 0 Å². The first-order valence-corrected chi connectivity index (χ1v) is 5.46. The van der Waals surface area contributed by atoms with Gasteiger partial charge in [0.15, 0.2) is 0 Å². The Hall–Kier alpha value is -1.94. The molecule has 0 spiro atoms. The molecule has 0 fully saturated rings. The molecule has 0 radical (unpaired) electrons. The average molecular weight is 232 g/mol. The Labute approximate surface area is 96.0 Å². The maximum Gasteiger partial charge on any atom is 0.337 e. The highest BCUT2D eigenvalue weighted by molar-refractivity contribution is 7.14. The van der Waals surface area contributed by atoms with Crippen LogP contribution in [-0.2, 0) is 0 Å². The number of carboxylic acid groups (broad SMARTS) is 1. The highest BCUT2D eigenvalue weighted by atomic mass is 32.1. The lowest BCUT2D eigenvalue weighted by molar-refractivity contribution is 0.0698. The summed E-state index contributed by atoms with van der Waals surface area (Å²) in [6.45, 7) is 0.